The Bertz CT molecular complexity index is 1960. The second-order valence-electron chi connectivity index (χ2n) is 10.6. The number of anilines is 1. The molecule has 1 saturated heterocycles. The molecule has 11 heteroatoms. The van der Waals surface area contributed by atoms with Crippen LogP contribution in [0.15, 0.2) is 113 Å². The number of Topliss-reactive ketones (excluding diaryl/α,β-unsaturated/α-hetero) is 1. The molecule has 4 aromatic carbocycles. The van der Waals surface area contributed by atoms with Gasteiger partial charge in [0.2, 0.25) is 5.13 Å². The summed E-state index contributed by atoms with van der Waals surface area (Å²) in [5.74, 6) is -1.35. The molecule has 0 bridgehead atoms. The number of methoxy groups -OCH3 is 1. The maximum absolute atomic E-state index is 13.6. The summed E-state index contributed by atoms with van der Waals surface area (Å²) in [6.07, 6.45) is 0. The third-order valence-corrected chi connectivity index (χ3v) is 9.81. The Balaban J connectivity index is 1.33. The Kier molecular flexibility index (Phi) is 9.46. The van der Waals surface area contributed by atoms with Gasteiger partial charge in [0.15, 0.2) is 4.34 Å². The van der Waals surface area contributed by atoms with Crippen LogP contribution in [0, 0.1) is 6.92 Å². The molecule has 1 aliphatic heterocycles. The van der Waals surface area contributed by atoms with Crippen molar-refractivity contribution in [1.29, 1.82) is 0 Å². The lowest BCUT2D eigenvalue weighted by molar-refractivity contribution is -0.132. The van der Waals surface area contributed by atoms with Crippen LogP contribution in [0.5, 0.6) is 5.75 Å². The second kappa shape index (κ2) is 14.0. The summed E-state index contributed by atoms with van der Waals surface area (Å²) >= 11 is 2.65. The number of nitrogens with zero attached hydrogens (tertiary/aromatic N) is 3. The van der Waals surface area contributed by atoms with Crippen LogP contribution in [0.2, 0.25) is 0 Å². The molecule has 1 fully saturated rings. The molecule has 0 aliphatic carbocycles. The Morgan fingerprint density at radius 3 is 2.28 bits per heavy atom. The summed E-state index contributed by atoms with van der Waals surface area (Å²) in [5.41, 5.74) is 4.28. The van der Waals surface area contributed by atoms with Crippen LogP contribution in [0.1, 0.15) is 44.2 Å². The van der Waals surface area contributed by atoms with E-state index < -0.39 is 23.7 Å². The van der Waals surface area contributed by atoms with E-state index in [0.29, 0.717) is 39.1 Å². The van der Waals surface area contributed by atoms with Crippen molar-refractivity contribution in [1.82, 2.24) is 10.2 Å². The molecule has 1 aliphatic rings. The first kappa shape index (κ1) is 31.7. The van der Waals surface area contributed by atoms with Gasteiger partial charge in [0, 0.05) is 11.3 Å². The van der Waals surface area contributed by atoms with Crippen molar-refractivity contribution in [2.45, 2.75) is 29.7 Å². The fourth-order valence-corrected chi connectivity index (χ4v) is 6.96. The van der Waals surface area contributed by atoms with E-state index in [9.17, 15) is 19.5 Å². The summed E-state index contributed by atoms with van der Waals surface area (Å²) in [6, 6.07) is 29.8. The zero-order valence-electron chi connectivity index (χ0n) is 25.5. The van der Waals surface area contributed by atoms with Crippen LogP contribution in [0.25, 0.3) is 5.76 Å². The van der Waals surface area contributed by atoms with E-state index in [-0.39, 0.29) is 16.5 Å². The molecular formula is C36H29N3O6S2. The van der Waals surface area contributed by atoms with Crippen molar-refractivity contribution < 1.29 is 29.0 Å². The monoisotopic (exact) mass is 663 g/mol. The second-order valence-corrected chi connectivity index (χ2v) is 12.8. The molecule has 9 nitrogen and oxygen atoms in total. The average molecular weight is 664 g/mol. The van der Waals surface area contributed by atoms with Crippen molar-refractivity contribution in [3.05, 3.63) is 142 Å². The zero-order valence-corrected chi connectivity index (χ0v) is 27.1. The Morgan fingerprint density at radius 2 is 1.57 bits per heavy atom. The number of rotatable bonds is 10. The molecule has 47 heavy (non-hydrogen) atoms. The van der Waals surface area contributed by atoms with Gasteiger partial charge in [-0.1, -0.05) is 89.8 Å². The van der Waals surface area contributed by atoms with Gasteiger partial charge >= 0.3 is 11.9 Å². The number of amides is 1. The minimum absolute atomic E-state index is 0.108. The van der Waals surface area contributed by atoms with Crippen LogP contribution in [-0.4, -0.2) is 40.1 Å². The smallest absolute Gasteiger partial charge is 0.337 e. The van der Waals surface area contributed by atoms with E-state index in [0.717, 1.165) is 16.7 Å². The average Bonchev–Trinajstić information content (AvgIpc) is 3.68. The van der Waals surface area contributed by atoms with Gasteiger partial charge in [0.1, 0.15) is 18.1 Å². The number of thioether (sulfide) groups is 1. The number of hydrogen-bond donors (Lipinski definition) is 1. The van der Waals surface area contributed by atoms with E-state index in [2.05, 4.69) is 10.2 Å². The van der Waals surface area contributed by atoms with Crippen LogP contribution in [0.3, 0.4) is 0 Å². The predicted octanol–water partition coefficient (Wildman–Crippen LogP) is 7.13. The molecule has 1 N–H and O–H groups in total. The zero-order chi connectivity index (χ0) is 32.9. The minimum Gasteiger partial charge on any atom is -0.507 e. The van der Waals surface area contributed by atoms with Gasteiger partial charge in [-0.25, -0.2) is 4.79 Å². The number of carbonyl (C=O) groups is 3. The van der Waals surface area contributed by atoms with E-state index in [4.69, 9.17) is 9.47 Å². The van der Waals surface area contributed by atoms with Gasteiger partial charge in [-0.2, -0.15) is 0 Å². The lowest BCUT2D eigenvalue weighted by Crippen LogP contribution is -2.29. The maximum atomic E-state index is 13.6. The van der Waals surface area contributed by atoms with Crippen molar-refractivity contribution in [3.8, 4) is 5.75 Å². The SMILES string of the molecule is COC(=O)c1ccc(C2/C(=C(\O)c3ccc(OCc4ccccc4C)cc3)C(=O)C(=O)N2c2nnc(SCc3ccccc3)s2)cc1. The molecule has 5 aromatic rings. The van der Waals surface area contributed by atoms with Gasteiger partial charge in [-0.15, -0.1) is 10.2 Å². The highest BCUT2D eigenvalue weighted by Crippen LogP contribution is 2.44. The maximum Gasteiger partial charge on any atom is 0.337 e. The third kappa shape index (κ3) is 6.81. The summed E-state index contributed by atoms with van der Waals surface area (Å²) in [4.78, 5) is 40.6. The molecule has 0 spiro atoms. The first-order chi connectivity index (χ1) is 22.8. The molecule has 1 amide bonds. The molecule has 1 aromatic heterocycles. The number of aliphatic hydroxyl groups excluding tert-OH is 1. The molecule has 0 radical (unpaired) electrons. The van der Waals surface area contributed by atoms with Crippen LogP contribution < -0.4 is 9.64 Å². The van der Waals surface area contributed by atoms with Crippen molar-refractivity contribution in [2.75, 3.05) is 12.0 Å². The van der Waals surface area contributed by atoms with Gasteiger partial charge in [0.25, 0.3) is 5.78 Å². The standard InChI is InChI=1S/C36H29N3O6S2/c1-22-8-6-7-11-27(22)20-45-28-18-16-25(17-19-28)31(40)29-30(24-12-14-26(15-13-24)34(43)44-2)39(33(42)32(29)41)35-37-38-36(47-35)46-21-23-9-4-3-5-10-23/h3-19,30,40H,20-21H2,1-2H3/b31-29+. The number of hydrogen-bond acceptors (Lipinski definition) is 10. The predicted molar refractivity (Wildman–Crippen MR) is 180 cm³/mol. The Morgan fingerprint density at radius 1 is 0.894 bits per heavy atom. The number of ether oxygens (including phenoxy) is 2. The van der Waals surface area contributed by atoms with Gasteiger partial charge in [0.05, 0.1) is 24.3 Å². The van der Waals surface area contributed by atoms with E-state index in [1.807, 2.05) is 61.5 Å². The van der Waals surface area contributed by atoms with Gasteiger partial charge < -0.3 is 14.6 Å². The van der Waals surface area contributed by atoms with Crippen molar-refractivity contribution in [2.24, 2.45) is 0 Å². The highest BCUT2D eigenvalue weighted by Gasteiger charge is 2.48. The lowest BCUT2D eigenvalue weighted by Gasteiger charge is -2.22. The highest BCUT2D eigenvalue weighted by molar-refractivity contribution is 8.00. The highest BCUT2D eigenvalue weighted by atomic mass is 32.2. The molecule has 236 valence electrons. The first-order valence-corrected chi connectivity index (χ1v) is 16.4. The summed E-state index contributed by atoms with van der Waals surface area (Å²) in [5, 5.41) is 20.3. The van der Waals surface area contributed by atoms with Crippen LogP contribution >= 0.6 is 23.1 Å². The number of benzene rings is 4. The molecule has 6 rings (SSSR count). The van der Waals surface area contributed by atoms with E-state index in [1.165, 1.54) is 35.1 Å². The van der Waals surface area contributed by atoms with Gasteiger partial charge in [-0.3, -0.25) is 14.5 Å². The lowest BCUT2D eigenvalue weighted by atomic mass is 9.94. The van der Waals surface area contributed by atoms with E-state index in [1.54, 1.807) is 48.5 Å². The topological polar surface area (TPSA) is 119 Å². The normalized spacial score (nSPS) is 15.5. The van der Waals surface area contributed by atoms with Crippen molar-refractivity contribution in [3.63, 3.8) is 0 Å². The van der Waals surface area contributed by atoms with Crippen LogP contribution in [-0.2, 0) is 26.7 Å². The van der Waals surface area contributed by atoms with Crippen molar-refractivity contribution >= 4 is 51.6 Å². The van der Waals surface area contributed by atoms with Gasteiger partial charge in [-0.05, 0) is 65.6 Å². The molecule has 2 heterocycles. The summed E-state index contributed by atoms with van der Waals surface area (Å²) < 4.78 is 11.4. The number of carbonyl (C=O) groups excluding carboxylic acids is 3. The first-order valence-electron chi connectivity index (χ1n) is 14.6. The number of aliphatic hydroxyl groups is 1. The largest absolute Gasteiger partial charge is 0.507 e. The number of aryl methyl sites for hydroxylation is 1. The molecular weight excluding hydrogens is 635 g/mol. The third-order valence-electron chi connectivity index (χ3n) is 7.68. The summed E-state index contributed by atoms with van der Waals surface area (Å²) in [7, 11) is 1.28. The molecule has 0 saturated carbocycles. The fourth-order valence-electron chi connectivity index (χ4n) is 5.14. The number of ketones is 1. The minimum atomic E-state index is -1.03. The quantitative estimate of drug-likeness (QED) is 0.0416. The number of esters is 1. The molecule has 1 atom stereocenters. The number of aromatic nitrogens is 2. The van der Waals surface area contributed by atoms with Crippen LogP contribution in [0.4, 0.5) is 5.13 Å². The fraction of sp³-hybridized carbons (Fsp3) is 0.139. The van der Waals surface area contributed by atoms with E-state index >= 15 is 0 Å². The molecule has 1 unspecified atom stereocenters. The Labute approximate surface area is 279 Å². The Hall–Kier alpha value is -5.26. The summed E-state index contributed by atoms with van der Waals surface area (Å²) in [6.45, 7) is 2.39.